The molecule has 2 aliphatic carbocycles. The van der Waals surface area contributed by atoms with Crippen LogP contribution in [0.3, 0.4) is 0 Å². The Bertz CT molecular complexity index is 921. The standard InChI is InChI=1S/C22H24N2O5/c1-27-15-7-8-17(18(11-15)28-2)24-22(26)20-14-6-5-13(10-14)19(20)21(25)23-12-16-4-3-9-29-16/h3-9,11,13-14,19-20H,10,12H2,1-2H3,(H,23,25)(H,24,26)/t13-,14-,19+,20-/m0/s1. The Hall–Kier alpha value is -3.22. The third kappa shape index (κ3) is 3.72. The molecule has 0 unspecified atom stereocenters. The number of anilines is 1. The van der Waals surface area contributed by atoms with E-state index in [9.17, 15) is 9.59 Å². The van der Waals surface area contributed by atoms with E-state index in [0.717, 1.165) is 6.42 Å². The van der Waals surface area contributed by atoms with Crippen LogP contribution in [0.1, 0.15) is 12.2 Å². The van der Waals surface area contributed by atoms with Crippen LogP contribution in [0.25, 0.3) is 0 Å². The molecule has 7 heteroatoms. The highest BCUT2D eigenvalue weighted by Crippen LogP contribution is 2.48. The summed E-state index contributed by atoms with van der Waals surface area (Å²) in [5.41, 5.74) is 0.555. The normalized spacial score (nSPS) is 24.3. The van der Waals surface area contributed by atoms with Crippen molar-refractivity contribution in [3.05, 3.63) is 54.5 Å². The maximum atomic E-state index is 13.1. The fourth-order valence-electron chi connectivity index (χ4n) is 4.36. The SMILES string of the molecule is COc1ccc(NC(=O)[C@@H]2[C@H](C(=O)NCc3ccco3)[C@H]3C=C[C@H]2C3)c(OC)c1. The topological polar surface area (TPSA) is 89.8 Å². The van der Waals surface area contributed by atoms with Gasteiger partial charge in [0.05, 0.1) is 44.6 Å². The molecule has 1 heterocycles. The summed E-state index contributed by atoms with van der Waals surface area (Å²) in [6.45, 7) is 0.310. The first kappa shape index (κ1) is 19.1. The molecule has 1 aromatic heterocycles. The summed E-state index contributed by atoms with van der Waals surface area (Å²) in [5, 5.41) is 5.85. The zero-order valence-electron chi connectivity index (χ0n) is 16.4. The number of ether oxygens (including phenoxy) is 2. The van der Waals surface area contributed by atoms with Gasteiger partial charge in [-0.1, -0.05) is 12.2 Å². The molecule has 7 nitrogen and oxygen atoms in total. The number of rotatable bonds is 7. The van der Waals surface area contributed by atoms with Crippen LogP contribution in [0.2, 0.25) is 0 Å². The average Bonchev–Trinajstić information content (AvgIpc) is 3.49. The van der Waals surface area contributed by atoms with Crippen LogP contribution in [0, 0.1) is 23.7 Å². The van der Waals surface area contributed by atoms with E-state index in [1.54, 1.807) is 43.7 Å². The average molecular weight is 396 g/mol. The van der Waals surface area contributed by atoms with Gasteiger partial charge >= 0.3 is 0 Å². The lowest BCUT2D eigenvalue weighted by molar-refractivity contribution is -0.133. The van der Waals surface area contributed by atoms with E-state index in [4.69, 9.17) is 13.9 Å². The highest BCUT2D eigenvalue weighted by atomic mass is 16.5. The first-order chi connectivity index (χ1) is 14.1. The van der Waals surface area contributed by atoms with Gasteiger partial charge < -0.3 is 24.5 Å². The van der Waals surface area contributed by atoms with Crippen LogP contribution >= 0.6 is 0 Å². The van der Waals surface area contributed by atoms with E-state index in [1.807, 2.05) is 0 Å². The van der Waals surface area contributed by atoms with E-state index < -0.39 is 11.8 Å². The Balaban J connectivity index is 1.49. The lowest BCUT2D eigenvalue weighted by atomic mass is 9.81. The van der Waals surface area contributed by atoms with Crippen LogP contribution in [0.4, 0.5) is 5.69 Å². The lowest BCUT2D eigenvalue weighted by Gasteiger charge is -2.26. The van der Waals surface area contributed by atoms with Crippen molar-refractivity contribution in [2.75, 3.05) is 19.5 Å². The van der Waals surface area contributed by atoms with Gasteiger partial charge in [-0.25, -0.2) is 0 Å². The van der Waals surface area contributed by atoms with E-state index in [0.29, 0.717) is 29.5 Å². The van der Waals surface area contributed by atoms with E-state index in [-0.39, 0.29) is 23.7 Å². The Morgan fingerprint density at radius 2 is 1.83 bits per heavy atom. The summed E-state index contributed by atoms with van der Waals surface area (Å²) in [7, 11) is 3.11. The van der Waals surface area contributed by atoms with Crippen molar-refractivity contribution in [3.8, 4) is 11.5 Å². The number of fused-ring (bicyclic) bond motifs is 2. The summed E-state index contributed by atoms with van der Waals surface area (Å²) in [6, 6.07) is 8.79. The minimum atomic E-state index is -0.423. The zero-order chi connectivity index (χ0) is 20.4. The van der Waals surface area contributed by atoms with Gasteiger partial charge in [0.25, 0.3) is 0 Å². The van der Waals surface area contributed by atoms with Crippen molar-refractivity contribution in [2.45, 2.75) is 13.0 Å². The monoisotopic (exact) mass is 396 g/mol. The molecule has 0 aliphatic heterocycles. The molecule has 1 saturated carbocycles. The van der Waals surface area contributed by atoms with Gasteiger partial charge in [-0.3, -0.25) is 9.59 Å². The zero-order valence-corrected chi connectivity index (χ0v) is 16.4. The van der Waals surface area contributed by atoms with Gasteiger partial charge in [0, 0.05) is 6.07 Å². The second-order valence-electron chi connectivity index (χ2n) is 7.35. The molecule has 2 aliphatic rings. The molecule has 2 amide bonds. The summed E-state index contributed by atoms with van der Waals surface area (Å²) < 4.78 is 15.8. The molecule has 2 bridgehead atoms. The van der Waals surface area contributed by atoms with Gasteiger partial charge in [0.1, 0.15) is 17.3 Å². The van der Waals surface area contributed by atoms with Crippen molar-refractivity contribution in [3.63, 3.8) is 0 Å². The number of nitrogens with one attached hydrogen (secondary N) is 2. The molecule has 4 atom stereocenters. The maximum absolute atomic E-state index is 13.1. The predicted octanol–water partition coefficient (Wildman–Crippen LogP) is 2.99. The number of carbonyl (C=O) groups is 2. The van der Waals surface area contributed by atoms with Crippen molar-refractivity contribution in [2.24, 2.45) is 23.7 Å². The van der Waals surface area contributed by atoms with E-state index in [2.05, 4.69) is 22.8 Å². The second kappa shape index (κ2) is 8.03. The van der Waals surface area contributed by atoms with Gasteiger partial charge in [0.2, 0.25) is 11.8 Å². The van der Waals surface area contributed by atoms with Gasteiger partial charge in [0.15, 0.2) is 0 Å². The molecule has 2 aromatic rings. The molecule has 1 aromatic carbocycles. The van der Waals surface area contributed by atoms with Crippen LogP contribution < -0.4 is 20.1 Å². The second-order valence-corrected chi connectivity index (χ2v) is 7.35. The third-order valence-corrected chi connectivity index (χ3v) is 5.75. The molecular formula is C22H24N2O5. The van der Waals surface area contributed by atoms with Crippen molar-refractivity contribution < 1.29 is 23.5 Å². The number of furan rings is 1. The molecule has 2 N–H and O–H groups in total. The molecule has 152 valence electrons. The Morgan fingerprint density at radius 3 is 2.48 bits per heavy atom. The number of amides is 2. The highest BCUT2D eigenvalue weighted by molar-refractivity contribution is 5.98. The predicted molar refractivity (Wildman–Crippen MR) is 106 cm³/mol. The van der Waals surface area contributed by atoms with Gasteiger partial charge in [-0.2, -0.15) is 0 Å². The molecule has 0 saturated heterocycles. The Kier molecular flexibility index (Phi) is 5.29. The summed E-state index contributed by atoms with van der Waals surface area (Å²) in [4.78, 5) is 26.0. The highest BCUT2D eigenvalue weighted by Gasteiger charge is 2.51. The van der Waals surface area contributed by atoms with Crippen molar-refractivity contribution in [1.82, 2.24) is 5.32 Å². The first-order valence-electron chi connectivity index (χ1n) is 9.62. The first-order valence-corrected chi connectivity index (χ1v) is 9.62. The Morgan fingerprint density at radius 1 is 1.07 bits per heavy atom. The number of methoxy groups -OCH3 is 2. The van der Waals surface area contributed by atoms with Crippen LogP contribution in [-0.2, 0) is 16.1 Å². The molecule has 0 radical (unpaired) electrons. The smallest absolute Gasteiger partial charge is 0.229 e. The largest absolute Gasteiger partial charge is 0.497 e. The third-order valence-electron chi connectivity index (χ3n) is 5.75. The fourth-order valence-corrected chi connectivity index (χ4v) is 4.36. The number of carbonyl (C=O) groups excluding carboxylic acids is 2. The minimum Gasteiger partial charge on any atom is -0.497 e. The molecule has 0 spiro atoms. The summed E-state index contributed by atoms with van der Waals surface area (Å²) in [5.74, 6) is 0.837. The van der Waals surface area contributed by atoms with E-state index >= 15 is 0 Å². The summed E-state index contributed by atoms with van der Waals surface area (Å²) in [6.07, 6.45) is 6.49. The number of allylic oxidation sites excluding steroid dienone is 2. The number of benzene rings is 1. The fraction of sp³-hybridized carbons (Fsp3) is 0.364. The van der Waals surface area contributed by atoms with Gasteiger partial charge in [-0.15, -0.1) is 0 Å². The Labute approximate surface area is 169 Å². The number of hydrogen-bond acceptors (Lipinski definition) is 5. The summed E-state index contributed by atoms with van der Waals surface area (Å²) >= 11 is 0. The lowest BCUT2D eigenvalue weighted by Crippen LogP contribution is -2.41. The minimum absolute atomic E-state index is 0.0589. The van der Waals surface area contributed by atoms with Crippen molar-refractivity contribution in [1.29, 1.82) is 0 Å². The quantitative estimate of drug-likeness (QED) is 0.703. The van der Waals surface area contributed by atoms with E-state index in [1.165, 1.54) is 7.11 Å². The molecule has 4 rings (SSSR count). The molecule has 29 heavy (non-hydrogen) atoms. The van der Waals surface area contributed by atoms with Crippen LogP contribution in [0.5, 0.6) is 11.5 Å². The molecule has 1 fully saturated rings. The van der Waals surface area contributed by atoms with Crippen LogP contribution in [0.15, 0.2) is 53.2 Å². The van der Waals surface area contributed by atoms with Crippen LogP contribution in [-0.4, -0.2) is 26.0 Å². The molecular weight excluding hydrogens is 372 g/mol. The maximum Gasteiger partial charge on any atom is 0.229 e. The number of hydrogen-bond donors (Lipinski definition) is 2. The van der Waals surface area contributed by atoms with Gasteiger partial charge in [-0.05, 0) is 42.5 Å². The van der Waals surface area contributed by atoms with Crippen molar-refractivity contribution >= 4 is 17.5 Å².